The standard InChI is InChI=1S/C16H17NO4S/c1-10-11(2)22-15(13(10)16(20)21-9-8-18)17-14(19)12-6-4-3-5-7-12/h3-7,18H,8-9H2,1-2H3,(H,17,19). The summed E-state index contributed by atoms with van der Waals surface area (Å²) in [4.78, 5) is 25.3. The molecular weight excluding hydrogens is 302 g/mol. The van der Waals surface area contributed by atoms with Gasteiger partial charge < -0.3 is 15.2 Å². The Hall–Kier alpha value is -2.18. The molecular formula is C16H17NO4S. The van der Waals surface area contributed by atoms with Crippen molar-refractivity contribution < 1.29 is 19.4 Å². The lowest BCUT2D eigenvalue weighted by Crippen LogP contribution is -2.15. The third-order valence-electron chi connectivity index (χ3n) is 3.18. The lowest BCUT2D eigenvalue weighted by atomic mass is 10.1. The zero-order valence-electron chi connectivity index (χ0n) is 12.4. The van der Waals surface area contributed by atoms with Gasteiger partial charge in [0.1, 0.15) is 11.6 Å². The van der Waals surface area contributed by atoms with Crippen LogP contribution in [0.4, 0.5) is 5.00 Å². The Bertz CT molecular complexity index is 679. The first-order valence-electron chi connectivity index (χ1n) is 6.79. The van der Waals surface area contributed by atoms with Gasteiger partial charge in [-0.25, -0.2) is 4.79 Å². The number of aryl methyl sites for hydroxylation is 1. The van der Waals surface area contributed by atoms with Crippen molar-refractivity contribution in [3.05, 3.63) is 51.9 Å². The monoisotopic (exact) mass is 319 g/mol. The number of aliphatic hydroxyl groups excluding tert-OH is 1. The van der Waals surface area contributed by atoms with E-state index < -0.39 is 5.97 Å². The van der Waals surface area contributed by atoms with Crippen LogP contribution in [0.1, 0.15) is 31.2 Å². The number of esters is 1. The predicted molar refractivity (Wildman–Crippen MR) is 85.6 cm³/mol. The fraction of sp³-hybridized carbons (Fsp3) is 0.250. The number of anilines is 1. The van der Waals surface area contributed by atoms with Crippen LogP contribution in [0.3, 0.4) is 0 Å². The van der Waals surface area contributed by atoms with E-state index in [0.29, 0.717) is 16.1 Å². The second kappa shape index (κ2) is 7.20. The van der Waals surface area contributed by atoms with Gasteiger partial charge in [-0.3, -0.25) is 4.79 Å². The van der Waals surface area contributed by atoms with Crippen molar-refractivity contribution in [2.24, 2.45) is 0 Å². The van der Waals surface area contributed by atoms with E-state index >= 15 is 0 Å². The number of benzene rings is 1. The SMILES string of the molecule is Cc1sc(NC(=O)c2ccccc2)c(C(=O)OCCO)c1C. The molecule has 0 spiro atoms. The minimum Gasteiger partial charge on any atom is -0.460 e. The number of carbonyl (C=O) groups excluding carboxylic acids is 2. The highest BCUT2D eigenvalue weighted by molar-refractivity contribution is 7.16. The van der Waals surface area contributed by atoms with E-state index in [4.69, 9.17) is 9.84 Å². The van der Waals surface area contributed by atoms with Crippen LogP contribution in [0.15, 0.2) is 30.3 Å². The average Bonchev–Trinajstić information content (AvgIpc) is 2.80. The maximum absolute atomic E-state index is 12.2. The predicted octanol–water partition coefficient (Wildman–Crippen LogP) is 2.77. The quantitative estimate of drug-likeness (QED) is 0.831. The van der Waals surface area contributed by atoms with Gasteiger partial charge in [0.15, 0.2) is 0 Å². The van der Waals surface area contributed by atoms with E-state index in [2.05, 4.69) is 5.32 Å². The van der Waals surface area contributed by atoms with Gasteiger partial charge in [-0.2, -0.15) is 0 Å². The summed E-state index contributed by atoms with van der Waals surface area (Å²) in [6.07, 6.45) is 0. The Morgan fingerprint density at radius 3 is 2.55 bits per heavy atom. The third kappa shape index (κ3) is 3.52. The molecule has 1 heterocycles. The van der Waals surface area contributed by atoms with E-state index in [-0.39, 0.29) is 19.1 Å². The molecule has 1 aromatic heterocycles. The van der Waals surface area contributed by atoms with E-state index in [1.165, 1.54) is 11.3 Å². The first-order chi connectivity index (χ1) is 10.5. The van der Waals surface area contributed by atoms with E-state index in [0.717, 1.165) is 10.4 Å². The Labute approximate surface area is 132 Å². The maximum atomic E-state index is 12.2. The average molecular weight is 319 g/mol. The van der Waals surface area contributed by atoms with Crippen molar-refractivity contribution in [1.29, 1.82) is 0 Å². The summed E-state index contributed by atoms with van der Waals surface area (Å²) in [6.45, 7) is 3.37. The molecule has 0 radical (unpaired) electrons. The summed E-state index contributed by atoms with van der Waals surface area (Å²) in [5, 5.41) is 12.0. The van der Waals surface area contributed by atoms with Crippen molar-refractivity contribution in [2.45, 2.75) is 13.8 Å². The number of aliphatic hydroxyl groups is 1. The maximum Gasteiger partial charge on any atom is 0.341 e. The molecule has 0 fully saturated rings. The number of carbonyl (C=O) groups is 2. The molecule has 0 saturated heterocycles. The lowest BCUT2D eigenvalue weighted by Gasteiger charge is -2.07. The van der Waals surface area contributed by atoms with Gasteiger partial charge in [-0.15, -0.1) is 11.3 Å². The van der Waals surface area contributed by atoms with Crippen LogP contribution in [0.2, 0.25) is 0 Å². The normalized spacial score (nSPS) is 10.3. The summed E-state index contributed by atoms with van der Waals surface area (Å²) < 4.78 is 4.97. The number of hydrogen-bond donors (Lipinski definition) is 2. The number of amides is 1. The molecule has 1 amide bonds. The first-order valence-corrected chi connectivity index (χ1v) is 7.60. The molecule has 0 aliphatic heterocycles. The first kappa shape index (κ1) is 16.2. The number of rotatable bonds is 5. The Kier molecular flexibility index (Phi) is 5.30. The summed E-state index contributed by atoms with van der Waals surface area (Å²) in [5.41, 5.74) is 1.64. The zero-order chi connectivity index (χ0) is 16.1. The van der Waals surface area contributed by atoms with Crippen LogP contribution < -0.4 is 5.32 Å². The van der Waals surface area contributed by atoms with Gasteiger partial charge in [-0.05, 0) is 31.5 Å². The molecule has 0 unspecified atom stereocenters. The molecule has 1 aromatic carbocycles. The molecule has 0 aliphatic rings. The Morgan fingerprint density at radius 1 is 1.23 bits per heavy atom. The number of ether oxygens (including phenoxy) is 1. The van der Waals surface area contributed by atoms with Crippen molar-refractivity contribution in [3.63, 3.8) is 0 Å². The molecule has 0 saturated carbocycles. The number of nitrogens with one attached hydrogen (secondary N) is 1. The minimum atomic E-state index is -0.542. The Morgan fingerprint density at radius 2 is 1.91 bits per heavy atom. The molecule has 5 nitrogen and oxygen atoms in total. The largest absolute Gasteiger partial charge is 0.460 e. The van der Waals surface area contributed by atoms with Crippen LogP contribution in [-0.2, 0) is 4.74 Å². The summed E-state index contributed by atoms with van der Waals surface area (Å²) in [6, 6.07) is 8.78. The fourth-order valence-electron chi connectivity index (χ4n) is 1.94. The minimum absolute atomic E-state index is 0.0702. The smallest absolute Gasteiger partial charge is 0.341 e. The number of hydrogen-bond acceptors (Lipinski definition) is 5. The van der Waals surface area contributed by atoms with Crippen molar-refractivity contribution in [1.82, 2.24) is 0 Å². The second-order valence-corrected chi connectivity index (χ2v) is 5.89. The molecule has 22 heavy (non-hydrogen) atoms. The molecule has 0 bridgehead atoms. The van der Waals surface area contributed by atoms with Gasteiger partial charge in [0.25, 0.3) is 5.91 Å². The molecule has 2 rings (SSSR count). The van der Waals surface area contributed by atoms with Crippen molar-refractivity contribution in [3.8, 4) is 0 Å². The Balaban J connectivity index is 2.26. The van der Waals surface area contributed by atoms with E-state index in [9.17, 15) is 9.59 Å². The second-order valence-electron chi connectivity index (χ2n) is 4.67. The molecule has 6 heteroatoms. The van der Waals surface area contributed by atoms with Crippen molar-refractivity contribution in [2.75, 3.05) is 18.5 Å². The van der Waals surface area contributed by atoms with Crippen LogP contribution >= 0.6 is 11.3 Å². The number of thiophene rings is 1. The van der Waals surface area contributed by atoms with E-state index in [1.54, 1.807) is 31.2 Å². The highest BCUT2D eigenvalue weighted by Gasteiger charge is 2.22. The lowest BCUT2D eigenvalue weighted by molar-refractivity contribution is 0.0434. The molecule has 2 N–H and O–H groups in total. The van der Waals surface area contributed by atoms with Crippen LogP contribution in [0.5, 0.6) is 0 Å². The van der Waals surface area contributed by atoms with Gasteiger partial charge in [0.2, 0.25) is 0 Å². The summed E-state index contributed by atoms with van der Waals surface area (Å²) in [5.74, 6) is -0.822. The van der Waals surface area contributed by atoms with E-state index in [1.807, 2.05) is 13.0 Å². The summed E-state index contributed by atoms with van der Waals surface area (Å²) in [7, 11) is 0. The third-order valence-corrected chi connectivity index (χ3v) is 4.30. The van der Waals surface area contributed by atoms with Crippen LogP contribution in [0.25, 0.3) is 0 Å². The van der Waals surface area contributed by atoms with Gasteiger partial charge in [0, 0.05) is 10.4 Å². The molecule has 116 valence electrons. The van der Waals surface area contributed by atoms with Gasteiger partial charge >= 0.3 is 5.97 Å². The van der Waals surface area contributed by atoms with Crippen LogP contribution in [0, 0.1) is 13.8 Å². The molecule has 0 aliphatic carbocycles. The molecule has 0 atom stereocenters. The summed E-state index contributed by atoms with van der Waals surface area (Å²) >= 11 is 1.33. The zero-order valence-corrected chi connectivity index (χ0v) is 13.2. The highest BCUT2D eigenvalue weighted by Crippen LogP contribution is 2.33. The topological polar surface area (TPSA) is 75.6 Å². The molecule has 2 aromatic rings. The van der Waals surface area contributed by atoms with Crippen LogP contribution in [-0.4, -0.2) is 30.2 Å². The highest BCUT2D eigenvalue weighted by atomic mass is 32.1. The fourth-order valence-corrected chi connectivity index (χ4v) is 2.98. The van der Waals surface area contributed by atoms with Crippen molar-refractivity contribution >= 4 is 28.2 Å². The van der Waals surface area contributed by atoms with Gasteiger partial charge in [0.05, 0.1) is 12.2 Å². The van der Waals surface area contributed by atoms with Gasteiger partial charge in [-0.1, -0.05) is 18.2 Å².